The molecule has 8 nitrogen and oxygen atoms in total. The molecule has 0 atom stereocenters. The van der Waals surface area contributed by atoms with Crippen molar-refractivity contribution in [3.63, 3.8) is 0 Å². The van der Waals surface area contributed by atoms with Crippen molar-refractivity contribution in [1.29, 1.82) is 0 Å². The van der Waals surface area contributed by atoms with Crippen molar-refractivity contribution in [2.24, 2.45) is 4.99 Å². The SMILES string of the molecule is O=C(NCC1=CSC2=NCCN12)c1ccc(Cn2cnnn2)cc1. The molecule has 1 N–H and O–H groups in total. The van der Waals surface area contributed by atoms with E-state index in [4.69, 9.17) is 0 Å². The number of hydrogen-bond acceptors (Lipinski definition) is 7. The standard InChI is InChI=1S/C15H15N7OS/c23-14(17-7-13-9-24-15-16-5-6-22(13)15)12-3-1-11(2-4-12)8-21-10-18-19-20-21/h1-4,9-10H,5-8H2,(H,17,23). The summed E-state index contributed by atoms with van der Waals surface area (Å²) in [6.07, 6.45) is 1.56. The average Bonchev–Trinajstić information content (AvgIpc) is 3.32. The number of fused-ring (bicyclic) bond motifs is 1. The number of benzene rings is 1. The summed E-state index contributed by atoms with van der Waals surface area (Å²) in [6, 6.07) is 7.45. The zero-order chi connectivity index (χ0) is 16.4. The summed E-state index contributed by atoms with van der Waals surface area (Å²) in [5.74, 6) is -0.0838. The van der Waals surface area contributed by atoms with E-state index in [2.05, 4.69) is 30.7 Å². The van der Waals surface area contributed by atoms with Crippen LogP contribution < -0.4 is 5.32 Å². The number of thioether (sulfide) groups is 1. The number of rotatable bonds is 5. The molecule has 0 fully saturated rings. The Kier molecular flexibility index (Phi) is 3.99. The van der Waals surface area contributed by atoms with Gasteiger partial charge in [0.25, 0.3) is 5.91 Å². The second kappa shape index (κ2) is 6.44. The maximum Gasteiger partial charge on any atom is 0.251 e. The van der Waals surface area contributed by atoms with Gasteiger partial charge in [-0.3, -0.25) is 9.79 Å². The van der Waals surface area contributed by atoms with Crippen molar-refractivity contribution in [2.75, 3.05) is 19.6 Å². The minimum Gasteiger partial charge on any atom is -0.346 e. The monoisotopic (exact) mass is 341 g/mol. The number of aromatic nitrogens is 4. The number of tetrazole rings is 1. The fourth-order valence-corrected chi connectivity index (χ4v) is 3.54. The Bertz CT molecular complexity index is 798. The lowest BCUT2D eigenvalue weighted by Crippen LogP contribution is -2.32. The maximum absolute atomic E-state index is 12.3. The molecule has 2 aromatic rings. The Morgan fingerprint density at radius 3 is 2.96 bits per heavy atom. The Morgan fingerprint density at radius 1 is 1.29 bits per heavy atom. The number of aliphatic imine (C=N–C) groups is 1. The zero-order valence-electron chi connectivity index (χ0n) is 12.8. The molecule has 24 heavy (non-hydrogen) atoms. The summed E-state index contributed by atoms with van der Waals surface area (Å²) in [4.78, 5) is 18.8. The quantitative estimate of drug-likeness (QED) is 0.862. The number of amides is 1. The van der Waals surface area contributed by atoms with Gasteiger partial charge in [0.1, 0.15) is 6.33 Å². The lowest BCUT2D eigenvalue weighted by Gasteiger charge is -2.16. The molecule has 2 aliphatic heterocycles. The molecule has 4 rings (SSSR count). The van der Waals surface area contributed by atoms with Gasteiger partial charge < -0.3 is 10.2 Å². The molecular weight excluding hydrogens is 326 g/mol. The Labute approximate surface area is 142 Å². The highest BCUT2D eigenvalue weighted by molar-refractivity contribution is 8.16. The Balaban J connectivity index is 1.34. The summed E-state index contributed by atoms with van der Waals surface area (Å²) in [7, 11) is 0. The van der Waals surface area contributed by atoms with E-state index in [9.17, 15) is 4.79 Å². The first-order valence-electron chi connectivity index (χ1n) is 7.55. The third kappa shape index (κ3) is 3.02. The lowest BCUT2D eigenvalue weighted by atomic mass is 10.1. The van der Waals surface area contributed by atoms with Gasteiger partial charge in [-0.25, -0.2) is 4.68 Å². The molecule has 0 aliphatic carbocycles. The van der Waals surface area contributed by atoms with Crippen LogP contribution in [0.4, 0.5) is 0 Å². The van der Waals surface area contributed by atoms with Crippen LogP contribution in [-0.4, -0.2) is 55.8 Å². The largest absolute Gasteiger partial charge is 0.346 e. The highest BCUT2D eigenvalue weighted by Crippen LogP contribution is 2.28. The molecule has 1 aromatic heterocycles. The summed E-state index contributed by atoms with van der Waals surface area (Å²) >= 11 is 1.62. The van der Waals surface area contributed by atoms with Crippen LogP contribution in [0.5, 0.6) is 0 Å². The summed E-state index contributed by atoms with van der Waals surface area (Å²) in [5, 5.41) is 17.1. The number of hydrogen-bond donors (Lipinski definition) is 1. The molecule has 1 aromatic carbocycles. The third-order valence-electron chi connectivity index (χ3n) is 3.83. The number of carbonyl (C=O) groups is 1. The summed E-state index contributed by atoms with van der Waals surface area (Å²) < 4.78 is 1.63. The predicted molar refractivity (Wildman–Crippen MR) is 90.4 cm³/mol. The van der Waals surface area contributed by atoms with Crippen molar-refractivity contribution in [2.45, 2.75) is 6.54 Å². The van der Waals surface area contributed by atoms with E-state index in [1.165, 1.54) is 0 Å². The maximum atomic E-state index is 12.3. The van der Waals surface area contributed by atoms with E-state index < -0.39 is 0 Å². The molecule has 9 heteroatoms. The molecule has 3 heterocycles. The lowest BCUT2D eigenvalue weighted by molar-refractivity contribution is 0.0955. The van der Waals surface area contributed by atoms with Crippen LogP contribution in [0.1, 0.15) is 15.9 Å². The highest BCUT2D eigenvalue weighted by Gasteiger charge is 2.26. The van der Waals surface area contributed by atoms with Gasteiger partial charge in [-0.05, 0) is 28.1 Å². The highest BCUT2D eigenvalue weighted by atomic mass is 32.2. The van der Waals surface area contributed by atoms with Gasteiger partial charge in [-0.1, -0.05) is 23.9 Å². The number of nitrogens with one attached hydrogen (secondary N) is 1. The molecule has 0 unspecified atom stereocenters. The second-order valence-corrected chi connectivity index (χ2v) is 6.27. The number of amidine groups is 1. The van der Waals surface area contributed by atoms with Crippen molar-refractivity contribution in [3.8, 4) is 0 Å². The zero-order valence-corrected chi connectivity index (χ0v) is 13.6. The fourth-order valence-electron chi connectivity index (χ4n) is 2.59. The van der Waals surface area contributed by atoms with Gasteiger partial charge in [-0.15, -0.1) is 5.10 Å². The van der Waals surface area contributed by atoms with Crippen LogP contribution in [0.25, 0.3) is 0 Å². The second-order valence-electron chi connectivity index (χ2n) is 5.43. The van der Waals surface area contributed by atoms with Crippen LogP contribution in [0.3, 0.4) is 0 Å². The molecule has 0 saturated heterocycles. The van der Waals surface area contributed by atoms with E-state index in [0.717, 1.165) is 29.5 Å². The van der Waals surface area contributed by atoms with E-state index in [0.29, 0.717) is 18.7 Å². The molecule has 2 aliphatic rings. The van der Waals surface area contributed by atoms with Crippen LogP contribution in [-0.2, 0) is 6.54 Å². The molecular formula is C15H15N7OS. The normalized spacial score (nSPS) is 15.9. The number of nitrogens with zero attached hydrogens (tertiary/aromatic N) is 6. The minimum atomic E-state index is -0.0838. The predicted octanol–water partition coefficient (Wildman–Crippen LogP) is 0.711. The topological polar surface area (TPSA) is 88.3 Å². The molecule has 0 radical (unpaired) electrons. The Hall–Kier alpha value is -2.68. The average molecular weight is 341 g/mol. The van der Waals surface area contributed by atoms with Crippen LogP contribution >= 0.6 is 11.8 Å². The molecule has 0 saturated carbocycles. The molecule has 0 bridgehead atoms. The first kappa shape index (κ1) is 14.9. The van der Waals surface area contributed by atoms with Gasteiger partial charge >= 0.3 is 0 Å². The van der Waals surface area contributed by atoms with Gasteiger partial charge in [0.05, 0.1) is 19.6 Å². The number of carbonyl (C=O) groups excluding carboxylic acids is 1. The van der Waals surface area contributed by atoms with Gasteiger partial charge in [0.2, 0.25) is 0 Å². The van der Waals surface area contributed by atoms with Crippen molar-refractivity contribution in [1.82, 2.24) is 30.4 Å². The van der Waals surface area contributed by atoms with Gasteiger partial charge in [0, 0.05) is 23.2 Å². The van der Waals surface area contributed by atoms with Gasteiger partial charge in [0.15, 0.2) is 5.17 Å². The Morgan fingerprint density at radius 2 is 2.17 bits per heavy atom. The summed E-state index contributed by atoms with van der Waals surface area (Å²) in [6.45, 7) is 2.82. The van der Waals surface area contributed by atoms with Crippen LogP contribution in [0.2, 0.25) is 0 Å². The van der Waals surface area contributed by atoms with Crippen LogP contribution in [0, 0.1) is 0 Å². The fraction of sp³-hybridized carbons (Fsp3) is 0.267. The van der Waals surface area contributed by atoms with E-state index in [1.54, 1.807) is 22.8 Å². The smallest absolute Gasteiger partial charge is 0.251 e. The van der Waals surface area contributed by atoms with Crippen molar-refractivity contribution < 1.29 is 4.79 Å². The van der Waals surface area contributed by atoms with Crippen molar-refractivity contribution in [3.05, 3.63) is 52.8 Å². The van der Waals surface area contributed by atoms with Gasteiger partial charge in [-0.2, -0.15) is 0 Å². The van der Waals surface area contributed by atoms with E-state index in [1.807, 2.05) is 29.7 Å². The third-order valence-corrected chi connectivity index (χ3v) is 4.78. The summed E-state index contributed by atoms with van der Waals surface area (Å²) in [5.41, 5.74) is 2.77. The molecule has 1 amide bonds. The molecule has 0 spiro atoms. The first-order chi connectivity index (χ1) is 11.8. The van der Waals surface area contributed by atoms with E-state index in [-0.39, 0.29) is 5.91 Å². The minimum absolute atomic E-state index is 0.0838. The van der Waals surface area contributed by atoms with Crippen LogP contribution in [0.15, 0.2) is 46.7 Å². The molecule has 122 valence electrons. The van der Waals surface area contributed by atoms with E-state index >= 15 is 0 Å². The first-order valence-corrected chi connectivity index (χ1v) is 8.43. The van der Waals surface area contributed by atoms with Crippen molar-refractivity contribution >= 4 is 22.8 Å².